The molecule has 0 amide bonds. The van der Waals surface area contributed by atoms with Crippen molar-refractivity contribution in [2.75, 3.05) is 19.8 Å². The van der Waals surface area contributed by atoms with E-state index in [1.165, 1.54) is 0 Å². The van der Waals surface area contributed by atoms with E-state index in [0.717, 1.165) is 5.56 Å². The van der Waals surface area contributed by atoms with Crippen molar-refractivity contribution in [1.29, 1.82) is 0 Å². The average Bonchev–Trinajstić information content (AvgIpc) is 3.44. The quantitative estimate of drug-likeness (QED) is 0.105. The molecule has 2 unspecified atom stereocenters. The highest BCUT2D eigenvalue weighted by Crippen LogP contribution is 2.35. The molecular formula is C33H51N5O14. The van der Waals surface area contributed by atoms with E-state index in [9.17, 15) is 30.6 Å². The van der Waals surface area contributed by atoms with Crippen LogP contribution in [0.1, 0.15) is 12.0 Å². The van der Waals surface area contributed by atoms with E-state index in [1.807, 2.05) is 30.3 Å². The summed E-state index contributed by atoms with van der Waals surface area (Å²) in [4.78, 5) is 0. The van der Waals surface area contributed by atoms with Gasteiger partial charge >= 0.3 is 0 Å². The first kappa shape index (κ1) is 39.7. The Bertz CT molecular complexity index is 1360. The molecule has 1 aliphatic carbocycles. The van der Waals surface area contributed by atoms with E-state index in [1.54, 1.807) is 0 Å². The molecule has 20 atom stereocenters. The third-order valence-electron chi connectivity index (χ3n) is 10.2. The van der Waals surface area contributed by atoms with Gasteiger partial charge in [0.15, 0.2) is 18.9 Å². The van der Waals surface area contributed by atoms with Gasteiger partial charge in [-0.3, -0.25) is 0 Å². The van der Waals surface area contributed by atoms with Gasteiger partial charge in [-0.05, 0) is 17.9 Å². The lowest BCUT2D eigenvalue weighted by molar-refractivity contribution is -0.346. The molecule has 1 saturated carbocycles. The van der Waals surface area contributed by atoms with Crippen molar-refractivity contribution in [3.05, 3.63) is 35.9 Å². The van der Waals surface area contributed by atoms with Gasteiger partial charge < -0.3 is 97.2 Å². The molecule has 16 N–H and O–H groups in total. The lowest BCUT2D eigenvalue weighted by atomic mass is 9.84. The molecule has 4 saturated heterocycles. The number of aliphatic hydroxyl groups is 6. The Morgan fingerprint density at radius 1 is 0.692 bits per heavy atom. The molecule has 292 valence electrons. The summed E-state index contributed by atoms with van der Waals surface area (Å²) in [7, 11) is 0. The van der Waals surface area contributed by atoms with Crippen LogP contribution >= 0.6 is 0 Å². The fourth-order valence-corrected chi connectivity index (χ4v) is 7.11. The van der Waals surface area contributed by atoms with Gasteiger partial charge in [-0.1, -0.05) is 36.3 Å². The third kappa shape index (κ3) is 8.31. The fraction of sp³-hybridized carbons (Fsp3) is 0.758. The molecule has 5 aliphatic rings. The molecule has 5 fully saturated rings. The Hall–Kier alpha value is -1.98. The molecule has 1 aromatic rings. The first-order valence-electron chi connectivity index (χ1n) is 17.4. The van der Waals surface area contributed by atoms with Crippen molar-refractivity contribution in [2.24, 2.45) is 28.7 Å². The number of rotatable bonds is 9. The normalized spacial score (nSPS) is 48.1. The highest BCUT2D eigenvalue weighted by atomic mass is 16.8. The number of nitrogens with two attached hydrogens (primary N) is 5. The molecule has 52 heavy (non-hydrogen) atoms. The Morgan fingerprint density at radius 2 is 1.35 bits per heavy atom. The molecule has 0 spiro atoms. The van der Waals surface area contributed by atoms with Crippen molar-refractivity contribution in [2.45, 2.75) is 135 Å². The maximum atomic E-state index is 11.3. The SMILES string of the molecule is NCC1O[C@H](O[C@H]2[C@@H](O)[C@H](O[C@@H]3[C@@H](O)[C@H](N)C[C@H](N)[C@@H]3O[C@H]3O[C@@H]4COC(C#CCc5ccccc5)O[C@H]4[C@H](O)[C@H]3N)O[C@@H]2CO)[C@H](N)[C@@H](O)[C@@H]1O. The first-order valence-corrected chi connectivity index (χ1v) is 17.4. The van der Waals surface area contributed by atoms with E-state index in [4.69, 9.17) is 66.6 Å². The van der Waals surface area contributed by atoms with Gasteiger partial charge in [-0.25, -0.2) is 0 Å². The maximum Gasteiger partial charge on any atom is 0.222 e. The molecule has 19 nitrogen and oxygen atoms in total. The molecule has 6 rings (SSSR count). The van der Waals surface area contributed by atoms with Gasteiger partial charge in [0, 0.05) is 25.0 Å². The predicted molar refractivity (Wildman–Crippen MR) is 176 cm³/mol. The van der Waals surface area contributed by atoms with Crippen molar-refractivity contribution >= 4 is 0 Å². The number of hydrogen-bond donors (Lipinski definition) is 11. The number of aliphatic hydroxyl groups excluding tert-OH is 6. The van der Waals surface area contributed by atoms with Crippen LogP contribution in [0.4, 0.5) is 0 Å². The minimum atomic E-state index is -1.61. The highest BCUT2D eigenvalue weighted by molar-refractivity contribution is 5.21. The Balaban J connectivity index is 1.10. The van der Waals surface area contributed by atoms with E-state index >= 15 is 0 Å². The Labute approximate surface area is 300 Å². The van der Waals surface area contributed by atoms with Crippen LogP contribution in [0.5, 0.6) is 0 Å². The van der Waals surface area contributed by atoms with Crippen LogP contribution < -0.4 is 28.7 Å². The van der Waals surface area contributed by atoms with E-state index in [2.05, 4.69) is 11.8 Å². The predicted octanol–water partition coefficient (Wildman–Crippen LogP) is -6.23. The van der Waals surface area contributed by atoms with E-state index in [-0.39, 0.29) is 19.6 Å². The molecule has 0 bridgehead atoms. The van der Waals surface area contributed by atoms with Crippen LogP contribution in [0, 0.1) is 11.8 Å². The van der Waals surface area contributed by atoms with Crippen molar-refractivity contribution in [1.82, 2.24) is 0 Å². The largest absolute Gasteiger partial charge is 0.394 e. The van der Waals surface area contributed by atoms with Gasteiger partial charge in [-0.2, -0.15) is 0 Å². The van der Waals surface area contributed by atoms with Crippen LogP contribution in [-0.2, 0) is 44.3 Å². The van der Waals surface area contributed by atoms with Crippen molar-refractivity contribution in [3.8, 4) is 11.8 Å². The summed E-state index contributed by atoms with van der Waals surface area (Å²) in [5.74, 6) is 5.93. The van der Waals surface area contributed by atoms with Gasteiger partial charge in [-0.15, -0.1) is 0 Å². The van der Waals surface area contributed by atoms with Gasteiger partial charge in [0.25, 0.3) is 0 Å². The van der Waals surface area contributed by atoms with Crippen molar-refractivity contribution < 1.29 is 68.5 Å². The molecular weight excluding hydrogens is 690 g/mol. The summed E-state index contributed by atoms with van der Waals surface area (Å²) in [6.07, 6.45) is -19.3. The second kappa shape index (κ2) is 17.2. The third-order valence-corrected chi connectivity index (χ3v) is 10.2. The summed E-state index contributed by atoms with van der Waals surface area (Å²) < 4.78 is 47.3. The molecule has 1 aromatic carbocycles. The zero-order valence-electron chi connectivity index (χ0n) is 28.3. The first-order chi connectivity index (χ1) is 24.9. The molecule has 0 radical (unpaired) electrons. The number of fused-ring (bicyclic) bond motifs is 1. The molecule has 4 heterocycles. The smallest absolute Gasteiger partial charge is 0.222 e. The van der Waals surface area contributed by atoms with Gasteiger partial charge in [0.2, 0.25) is 6.29 Å². The van der Waals surface area contributed by atoms with E-state index in [0.29, 0.717) is 6.42 Å². The lowest BCUT2D eigenvalue weighted by Gasteiger charge is -2.49. The maximum absolute atomic E-state index is 11.3. The van der Waals surface area contributed by atoms with Gasteiger partial charge in [0.05, 0.1) is 31.4 Å². The molecule has 4 aliphatic heterocycles. The summed E-state index contributed by atoms with van der Waals surface area (Å²) in [5.41, 5.74) is 31.8. The minimum Gasteiger partial charge on any atom is -0.394 e. The molecule has 19 heteroatoms. The second-order valence-corrected chi connectivity index (χ2v) is 13.8. The van der Waals surface area contributed by atoms with Crippen LogP contribution in [-0.4, -0.2) is 173 Å². The van der Waals surface area contributed by atoms with Crippen molar-refractivity contribution in [3.63, 3.8) is 0 Å². The summed E-state index contributed by atoms with van der Waals surface area (Å²) in [6, 6.07) is 5.55. The minimum absolute atomic E-state index is 0.00552. The zero-order chi connectivity index (χ0) is 37.3. The zero-order valence-corrected chi connectivity index (χ0v) is 28.3. The van der Waals surface area contributed by atoms with Crippen LogP contribution in [0.2, 0.25) is 0 Å². The van der Waals surface area contributed by atoms with Crippen LogP contribution in [0.15, 0.2) is 30.3 Å². The number of hydrogen-bond acceptors (Lipinski definition) is 19. The average molecular weight is 742 g/mol. The standard InChI is InChI=1S/C33H51N5O14/c34-10-16-23(41)24(42)20(37)31(46-16)51-28-17(11-39)47-33(26(28)44)52-30-22(40)14(35)9-15(36)27(30)50-32-21(38)25(43)29-18(48-32)12-45-19(49-29)8-4-7-13-5-2-1-3-6-13/h1-3,5-6,14-33,39-44H,7,9-12,34-38H2/t14-,15+,16?,17-,18-,19?,20-,21-,22+,23-,24-,25-,26-,27+,28-,29-,30-,31-,32-,33+/m1/s1. The number of benzene rings is 1. The topological polar surface area (TPSA) is 325 Å². The highest BCUT2D eigenvalue weighted by Gasteiger charge is 2.55. The van der Waals surface area contributed by atoms with Crippen LogP contribution in [0.25, 0.3) is 0 Å². The van der Waals surface area contributed by atoms with Gasteiger partial charge in [0.1, 0.15) is 67.1 Å². The second-order valence-electron chi connectivity index (χ2n) is 13.8. The summed E-state index contributed by atoms with van der Waals surface area (Å²) >= 11 is 0. The Morgan fingerprint density at radius 3 is 2.06 bits per heavy atom. The number of ether oxygens (including phenoxy) is 8. The monoisotopic (exact) mass is 741 g/mol. The summed E-state index contributed by atoms with van der Waals surface area (Å²) in [6.45, 7) is -0.802. The molecule has 0 aromatic heterocycles. The van der Waals surface area contributed by atoms with Crippen LogP contribution in [0.3, 0.4) is 0 Å². The summed E-state index contributed by atoms with van der Waals surface area (Å²) in [5, 5.41) is 64.3. The van der Waals surface area contributed by atoms with E-state index < -0.39 is 129 Å². The Kier molecular flexibility index (Phi) is 13.1. The lowest BCUT2D eigenvalue weighted by Crippen LogP contribution is -2.69. The fourth-order valence-electron chi connectivity index (χ4n) is 7.11.